The molecule has 0 bridgehead atoms. The summed E-state index contributed by atoms with van der Waals surface area (Å²) in [6.45, 7) is 11.1. The van der Waals surface area contributed by atoms with Crippen molar-refractivity contribution in [3.05, 3.63) is 58.9 Å². The van der Waals surface area contributed by atoms with Gasteiger partial charge in [-0.1, -0.05) is 44.7 Å². The van der Waals surface area contributed by atoms with Gasteiger partial charge in [0.25, 0.3) is 5.22 Å². The van der Waals surface area contributed by atoms with Crippen LogP contribution in [0.2, 0.25) is 0 Å². The van der Waals surface area contributed by atoms with Gasteiger partial charge in [-0.3, -0.25) is 4.98 Å². The molecule has 0 N–H and O–H groups in total. The smallest absolute Gasteiger partial charge is 0.277 e. The first-order valence-corrected chi connectivity index (χ1v) is 9.30. The highest BCUT2D eigenvalue weighted by Crippen LogP contribution is 2.31. The number of hydrogen-bond donors (Lipinski definition) is 0. The molecule has 0 fully saturated rings. The van der Waals surface area contributed by atoms with E-state index in [1.807, 2.05) is 12.1 Å². The van der Waals surface area contributed by atoms with Gasteiger partial charge in [0.1, 0.15) is 0 Å². The highest BCUT2D eigenvalue weighted by atomic mass is 32.2. The Kier molecular flexibility index (Phi) is 4.95. The molecule has 25 heavy (non-hydrogen) atoms. The molecule has 0 radical (unpaired) electrons. The minimum absolute atomic E-state index is 0.160. The molecule has 0 saturated heterocycles. The average molecular weight is 353 g/mol. The second-order valence-corrected chi connectivity index (χ2v) is 8.16. The molecule has 3 aromatic rings. The molecule has 130 valence electrons. The summed E-state index contributed by atoms with van der Waals surface area (Å²) in [5.41, 5.74) is 6.37. The summed E-state index contributed by atoms with van der Waals surface area (Å²) in [6.07, 6.45) is 3.44. The number of benzene rings is 1. The van der Waals surface area contributed by atoms with Crippen LogP contribution >= 0.6 is 11.8 Å². The third-order valence-corrected chi connectivity index (χ3v) is 5.08. The quantitative estimate of drug-likeness (QED) is 0.593. The maximum Gasteiger partial charge on any atom is 0.277 e. The van der Waals surface area contributed by atoms with Gasteiger partial charge in [-0.25, -0.2) is 0 Å². The molecule has 4 nitrogen and oxygen atoms in total. The van der Waals surface area contributed by atoms with Crippen molar-refractivity contribution in [1.29, 1.82) is 0 Å². The Balaban J connectivity index is 1.75. The number of rotatable bonds is 4. The summed E-state index contributed by atoms with van der Waals surface area (Å²) in [4.78, 5) is 4.00. The minimum Gasteiger partial charge on any atom is -0.411 e. The van der Waals surface area contributed by atoms with E-state index in [-0.39, 0.29) is 5.41 Å². The van der Waals surface area contributed by atoms with Crippen LogP contribution in [0.4, 0.5) is 0 Å². The molecule has 2 aromatic heterocycles. The molecule has 3 rings (SSSR count). The first kappa shape index (κ1) is 17.7. The first-order chi connectivity index (χ1) is 11.8. The van der Waals surface area contributed by atoms with E-state index in [0.29, 0.717) is 11.1 Å². The fourth-order valence-electron chi connectivity index (χ4n) is 2.67. The van der Waals surface area contributed by atoms with Gasteiger partial charge >= 0.3 is 0 Å². The second-order valence-electron chi connectivity index (χ2n) is 7.24. The largest absolute Gasteiger partial charge is 0.411 e. The molecule has 0 aliphatic carbocycles. The number of thioether (sulfide) groups is 1. The molecule has 0 aliphatic heterocycles. The highest BCUT2D eigenvalue weighted by molar-refractivity contribution is 7.98. The van der Waals surface area contributed by atoms with Crippen LogP contribution in [0.3, 0.4) is 0 Å². The molecule has 5 heteroatoms. The first-order valence-electron chi connectivity index (χ1n) is 8.32. The molecular formula is C20H23N3OS. The van der Waals surface area contributed by atoms with Crippen molar-refractivity contribution >= 4 is 11.8 Å². The lowest BCUT2D eigenvalue weighted by atomic mass is 9.84. The van der Waals surface area contributed by atoms with Crippen molar-refractivity contribution in [2.75, 3.05) is 0 Å². The highest BCUT2D eigenvalue weighted by Gasteiger charge is 2.17. The zero-order chi connectivity index (χ0) is 18.0. The van der Waals surface area contributed by atoms with Gasteiger partial charge in [-0.2, -0.15) is 0 Å². The van der Waals surface area contributed by atoms with E-state index in [1.54, 1.807) is 24.2 Å². The Labute approximate surface area is 153 Å². The lowest BCUT2D eigenvalue weighted by Gasteiger charge is -2.22. The Hall–Kier alpha value is -2.14. The Bertz CT molecular complexity index is 843. The van der Waals surface area contributed by atoms with E-state index in [4.69, 9.17) is 4.42 Å². The van der Waals surface area contributed by atoms with Gasteiger partial charge in [0.05, 0.1) is 0 Å². The van der Waals surface area contributed by atoms with E-state index in [2.05, 4.69) is 61.9 Å². The zero-order valence-corrected chi connectivity index (χ0v) is 16.1. The van der Waals surface area contributed by atoms with Crippen LogP contribution < -0.4 is 0 Å². The molecule has 0 spiro atoms. The Morgan fingerprint density at radius 3 is 2.24 bits per heavy atom. The summed E-state index contributed by atoms with van der Waals surface area (Å²) in [5, 5.41) is 8.86. The van der Waals surface area contributed by atoms with Gasteiger partial charge in [-0.15, -0.1) is 10.2 Å². The average Bonchev–Trinajstić information content (AvgIpc) is 3.03. The van der Waals surface area contributed by atoms with Crippen LogP contribution in [0.15, 0.2) is 46.3 Å². The normalized spacial score (nSPS) is 11.7. The Morgan fingerprint density at radius 1 is 1.00 bits per heavy atom. The second kappa shape index (κ2) is 7.00. The summed E-state index contributed by atoms with van der Waals surface area (Å²) >= 11 is 1.57. The van der Waals surface area contributed by atoms with E-state index in [0.717, 1.165) is 11.3 Å². The third-order valence-electron chi connectivity index (χ3n) is 4.24. The van der Waals surface area contributed by atoms with Crippen molar-refractivity contribution in [3.63, 3.8) is 0 Å². The summed E-state index contributed by atoms with van der Waals surface area (Å²) in [5.74, 6) is 1.35. The number of pyridine rings is 1. The molecule has 0 saturated carbocycles. The van der Waals surface area contributed by atoms with E-state index >= 15 is 0 Å². The van der Waals surface area contributed by atoms with Crippen LogP contribution in [0.5, 0.6) is 0 Å². The Morgan fingerprint density at radius 2 is 1.64 bits per heavy atom. The van der Waals surface area contributed by atoms with Gasteiger partial charge in [-0.05, 0) is 53.6 Å². The van der Waals surface area contributed by atoms with Crippen molar-refractivity contribution in [1.82, 2.24) is 15.2 Å². The van der Waals surface area contributed by atoms with Crippen LogP contribution in [0.25, 0.3) is 11.5 Å². The topological polar surface area (TPSA) is 51.8 Å². The van der Waals surface area contributed by atoms with Crippen LogP contribution in [-0.2, 0) is 11.2 Å². The molecule has 2 heterocycles. The monoisotopic (exact) mass is 353 g/mol. The SMILES string of the molecule is Cc1cc(C(C)(C)C)cc(C)c1CSc1nnc(-c2ccncc2)o1. The van der Waals surface area contributed by atoms with Crippen molar-refractivity contribution in [2.24, 2.45) is 0 Å². The van der Waals surface area contributed by atoms with Gasteiger partial charge < -0.3 is 4.42 Å². The van der Waals surface area contributed by atoms with E-state index < -0.39 is 0 Å². The lowest BCUT2D eigenvalue weighted by Crippen LogP contribution is -2.12. The summed E-state index contributed by atoms with van der Waals surface area (Å²) in [6, 6.07) is 8.31. The van der Waals surface area contributed by atoms with Crippen molar-refractivity contribution in [2.45, 2.75) is 51.0 Å². The number of hydrogen-bond acceptors (Lipinski definition) is 5. The van der Waals surface area contributed by atoms with Crippen LogP contribution in [0.1, 0.15) is 43.0 Å². The maximum atomic E-state index is 5.76. The van der Waals surface area contributed by atoms with Crippen LogP contribution in [0, 0.1) is 13.8 Å². The number of aryl methyl sites for hydroxylation is 2. The molecule has 0 amide bonds. The standard InChI is InChI=1S/C20H23N3OS/c1-13-10-16(20(3,4)5)11-14(2)17(13)12-25-19-23-22-18(24-19)15-6-8-21-9-7-15/h6-11H,12H2,1-5H3. The maximum absolute atomic E-state index is 5.76. The van der Waals surface area contributed by atoms with Gasteiger partial charge in [0, 0.05) is 23.7 Å². The van der Waals surface area contributed by atoms with E-state index in [1.165, 1.54) is 22.3 Å². The molecule has 0 atom stereocenters. The van der Waals surface area contributed by atoms with Gasteiger partial charge in [0.15, 0.2) is 0 Å². The van der Waals surface area contributed by atoms with Crippen molar-refractivity contribution < 1.29 is 4.42 Å². The minimum atomic E-state index is 0.160. The molecular weight excluding hydrogens is 330 g/mol. The zero-order valence-electron chi connectivity index (χ0n) is 15.3. The van der Waals surface area contributed by atoms with E-state index in [9.17, 15) is 0 Å². The predicted molar refractivity (Wildman–Crippen MR) is 102 cm³/mol. The number of nitrogens with zero attached hydrogens (tertiary/aromatic N) is 3. The molecule has 1 aromatic carbocycles. The summed E-state index contributed by atoms with van der Waals surface area (Å²) in [7, 11) is 0. The third kappa shape index (κ3) is 4.10. The van der Waals surface area contributed by atoms with Crippen LogP contribution in [-0.4, -0.2) is 15.2 Å². The lowest BCUT2D eigenvalue weighted by molar-refractivity contribution is 0.466. The fraction of sp³-hybridized carbons (Fsp3) is 0.350. The summed E-state index contributed by atoms with van der Waals surface area (Å²) < 4.78 is 5.76. The molecule has 0 aliphatic rings. The van der Waals surface area contributed by atoms with Gasteiger partial charge in [0.2, 0.25) is 5.89 Å². The fourth-order valence-corrected chi connectivity index (χ4v) is 3.63. The predicted octanol–water partition coefficient (Wildman–Crippen LogP) is 5.34. The number of aromatic nitrogens is 3. The molecule has 0 unspecified atom stereocenters. The van der Waals surface area contributed by atoms with Crippen molar-refractivity contribution in [3.8, 4) is 11.5 Å².